The number of benzene rings is 2. The summed E-state index contributed by atoms with van der Waals surface area (Å²) in [6.07, 6.45) is 13.1. The van der Waals surface area contributed by atoms with Crippen LogP contribution in [0.2, 0.25) is 22.7 Å². The zero-order valence-electron chi connectivity index (χ0n) is 35.4. The monoisotopic (exact) mass is 782 g/mol. The molecule has 0 spiro atoms. The fourth-order valence-electron chi connectivity index (χ4n) is 13.1. The molecule has 7 heteroatoms. The molecular formula is C49H70O6Si. The van der Waals surface area contributed by atoms with Crippen molar-refractivity contribution < 1.29 is 28.5 Å². The van der Waals surface area contributed by atoms with Crippen LogP contribution in [0.15, 0.2) is 72.8 Å². The van der Waals surface area contributed by atoms with E-state index in [-0.39, 0.29) is 35.6 Å². The molecular weight excluding hydrogens is 713 g/mol. The average Bonchev–Trinajstić information content (AvgIpc) is 3.20. The van der Waals surface area contributed by atoms with E-state index in [0.29, 0.717) is 37.1 Å². The second kappa shape index (κ2) is 17.0. The summed E-state index contributed by atoms with van der Waals surface area (Å²) in [4.78, 5) is 30.0. The van der Waals surface area contributed by atoms with Gasteiger partial charge >= 0.3 is 0 Å². The largest absolute Gasteiger partial charge is 0.373 e. The van der Waals surface area contributed by atoms with Crippen LogP contribution in [0.25, 0.3) is 0 Å². The lowest BCUT2D eigenvalue weighted by Crippen LogP contribution is -2.73. The number of hydrogen-bond donors (Lipinski definition) is 0. The molecule has 1 saturated heterocycles. The summed E-state index contributed by atoms with van der Waals surface area (Å²) in [6.45, 7) is 18.6. The third-order valence-electron chi connectivity index (χ3n) is 15.7. The van der Waals surface area contributed by atoms with Crippen molar-refractivity contribution in [3.63, 3.8) is 0 Å². The van der Waals surface area contributed by atoms with E-state index in [1.165, 1.54) is 69.8 Å². The topological polar surface area (TPSA) is 71.1 Å². The molecule has 4 saturated carbocycles. The third kappa shape index (κ3) is 7.74. The highest BCUT2D eigenvalue weighted by atomic mass is 28.3. The quantitative estimate of drug-likeness (QED) is 0.158. The van der Waals surface area contributed by atoms with Crippen LogP contribution in [-0.2, 0) is 41.8 Å². The van der Waals surface area contributed by atoms with Crippen LogP contribution in [0.4, 0.5) is 0 Å². The second-order valence-corrected chi connectivity index (χ2v) is 24.6. The molecule has 0 aromatic heterocycles. The molecule has 5 fully saturated rings. The Hall–Kier alpha value is -2.42. The maximum atomic E-state index is 16.4. The Bertz CT molecular complexity index is 1640. The van der Waals surface area contributed by atoms with Gasteiger partial charge in [0.15, 0.2) is 11.6 Å². The molecule has 7 rings (SSSR count). The minimum atomic E-state index is -2.66. The van der Waals surface area contributed by atoms with E-state index in [4.69, 9.17) is 25.5 Å². The van der Waals surface area contributed by atoms with E-state index >= 15 is 4.79 Å². The van der Waals surface area contributed by atoms with Crippen LogP contribution in [-0.4, -0.2) is 49.8 Å². The first-order valence-corrected chi connectivity index (χ1v) is 24.8. The van der Waals surface area contributed by atoms with E-state index in [1.54, 1.807) is 6.92 Å². The smallest absolute Gasteiger partial charge is 0.170 e. The Labute approximate surface area is 338 Å². The van der Waals surface area contributed by atoms with Gasteiger partial charge in [0.05, 0.1) is 33.5 Å². The zero-order chi connectivity index (χ0) is 39.7. The lowest BCUT2D eigenvalue weighted by atomic mass is 9.56. The van der Waals surface area contributed by atoms with Crippen LogP contribution in [0, 0.1) is 17.3 Å². The summed E-state index contributed by atoms with van der Waals surface area (Å²) < 4.78 is 28.8. The third-order valence-corrected chi connectivity index (χ3v) is 23.3. The molecule has 4 aliphatic carbocycles. The van der Waals surface area contributed by atoms with Crippen LogP contribution >= 0.6 is 0 Å². The second-order valence-electron chi connectivity index (χ2n) is 19.5. The Morgan fingerprint density at radius 1 is 0.786 bits per heavy atom. The van der Waals surface area contributed by atoms with Gasteiger partial charge in [0, 0.05) is 28.7 Å². The first kappa shape index (κ1) is 41.7. The molecule has 1 aliphatic heterocycles. The number of ether oxygens (including phenoxy) is 4. The summed E-state index contributed by atoms with van der Waals surface area (Å²) in [5, 5.41) is -0.608. The van der Waals surface area contributed by atoms with Gasteiger partial charge < -0.3 is 23.7 Å². The molecule has 0 N–H and O–H groups in total. The first-order chi connectivity index (χ1) is 26.8. The van der Waals surface area contributed by atoms with Gasteiger partial charge in [-0.15, -0.1) is 0 Å². The highest BCUT2D eigenvalue weighted by Gasteiger charge is 2.73. The summed E-state index contributed by atoms with van der Waals surface area (Å²) >= 11 is 0. The van der Waals surface area contributed by atoms with E-state index < -0.39 is 36.5 Å². The molecule has 0 unspecified atom stereocenters. The highest BCUT2D eigenvalue weighted by Crippen LogP contribution is 2.73. The number of Topliss-reactive ketones (excluding diaryl/α,β-unsaturated/α-hetero) is 2. The van der Waals surface area contributed by atoms with Crippen LogP contribution < -0.4 is 0 Å². The molecule has 2 aromatic rings. The minimum absolute atomic E-state index is 0.103. The molecule has 7 atom stereocenters. The molecule has 0 amide bonds. The van der Waals surface area contributed by atoms with Crippen molar-refractivity contribution in [1.82, 2.24) is 0 Å². The van der Waals surface area contributed by atoms with Crippen molar-refractivity contribution in [2.24, 2.45) is 17.3 Å². The summed E-state index contributed by atoms with van der Waals surface area (Å²) in [5.74, 6) is -0.946. The Balaban J connectivity index is 1.51. The van der Waals surface area contributed by atoms with Gasteiger partial charge in [-0.05, 0) is 62.2 Å². The van der Waals surface area contributed by atoms with Crippen molar-refractivity contribution in [3.8, 4) is 0 Å². The molecule has 0 radical (unpaired) electrons. The number of ketones is 2. The molecule has 5 aliphatic rings. The molecule has 1 heterocycles. The molecule has 2 aromatic carbocycles. The maximum Gasteiger partial charge on any atom is 0.170 e. The van der Waals surface area contributed by atoms with E-state index in [9.17, 15) is 4.79 Å². The fraction of sp³-hybridized carbons (Fsp3) is 0.673. The van der Waals surface area contributed by atoms with Gasteiger partial charge in [-0.2, -0.15) is 0 Å². The Morgan fingerprint density at radius 2 is 1.32 bits per heavy atom. The van der Waals surface area contributed by atoms with Gasteiger partial charge in [-0.3, -0.25) is 4.79 Å². The first-order valence-electron chi connectivity index (χ1n) is 22.2. The van der Waals surface area contributed by atoms with Crippen molar-refractivity contribution in [1.29, 1.82) is 0 Å². The lowest BCUT2D eigenvalue weighted by Gasteiger charge is -2.69. The molecule has 6 nitrogen and oxygen atoms in total. The molecule has 56 heavy (non-hydrogen) atoms. The highest BCUT2D eigenvalue weighted by molar-refractivity contribution is 6.85. The predicted molar refractivity (Wildman–Crippen MR) is 226 cm³/mol. The number of carbonyl (C=O) groups excluding carboxylic acids is 2. The van der Waals surface area contributed by atoms with Crippen molar-refractivity contribution in [2.45, 2.75) is 191 Å². The Kier molecular flexibility index (Phi) is 12.7. The molecule has 306 valence electrons. The van der Waals surface area contributed by atoms with Crippen molar-refractivity contribution in [3.05, 3.63) is 83.9 Å². The summed E-state index contributed by atoms with van der Waals surface area (Å²) in [5.41, 5.74) is 3.47. The standard InChI is InChI=1S/C49H70O6Si/c1-34-28-29-40-42-41(34)46(53-33-37-22-14-9-15-23-37)49(31-30-35(2)50,56(7,38-24-16-10-17-25-38)39-26-18-11-19-27-39)47(3,4)45(51)44(43(42)55-48(5,6)54-40)52-32-36-20-12-8-13-21-36/h8-9,12-15,20-23,38-44,46H,1,10-11,16-19,24-33H2,2-7H3/t40-,41+,42+,43-,44-,46-,49+/m0/s1. The summed E-state index contributed by atoms with van der Waals surface area (Å²) in [7, 11) is -2.66. The van der Waals surface area contributed by atoms with Crippen molar-refractivity contribution >= 4 is 19.6 Å². The normalized spacial score (nSPS) is 32.6. The Morgan fingerprint density at radius 3 is 1.86 bits per heavy atom. The van der Waals surface area contributed by atoms with Gasteiger partial charge in [-0.1, -0.05) is 157 Å². The number of carbonyl (C=O) groups is 2. The van der Waals surface area contributed by atoms with Crippen molar-refractivity contribution in [2.75, 3.05) is 0 Å². The minimum Gasteiger partial charge on any atom is -0.373 e. The van der Waals surface area contributed by atoms with E-state index in [1.807, 2.05) is 32.0 Å². The van der Waals surface area contributed by atoms with Crippen LogP contribution in [0.1, 0.15) is 136 Å². The average molecular weight is 783 g/mol. The lowest BCUT2D eigenvalue weighted by molar-refractivity contribution is -0.349. The molecule has 0 bridgehead atoms. The van der Waals surface area contributed by atoms with E-state index in [0.717, 1.165) is 24.0 Å². The maximum absolute atomic E-state index is 16.4. The number of hydrogen-bond acceptors (Lipinski definition) is 6. The number of rotatable bonds is 12. The van der Waals surface area contributed by atoms with Crippen LogP contribution in [0.3, 0.4) is 0 Å². The SMILES string of the molecule is C=C1CC[C@@H]2OC(C)(C)O[C@H]3[C@H]2[C@@H]1[C@H](OCc1ccccc1)[C@@](CCC(C)=O)([Si](C)(C1CCCCC1)C1CCCCC1)C(C)(C)C(=O)[C@H]3OCc1ccccc1. The van der Waals surface area contributed by atoms with Gasteiger partial charge in [-0.25, -0.2) is 0 Å². The van der Waals surface area contributed by atoms with Crippen LogP contribution in [0.5, 0.6) is 0 Å². The van der Waals surface area contributed by atoms with Gasteiger partial charge in [0.1, 0.15) is 18.0 Å². The summed E-state index contributed by atoms with van der Waals surface area (Å²) in [6, 6.07) is 20.7. The predicted octanol–water partition coefficient (Wildman–Crippen LogP) is 11.7. The van der Waals surface area contributed by atoms with E-state index in [2.05, 4.69) is 62.9 Å². The van der Waals surface area contributed by atoms with Gasteiger partial charge in [0.2, 0.25) is 0 Å². The zero-order valence-corrected chi connectivity index (χ0v) is 36.4. The van der Waals surface area contributed by atoms with Gasteiger partial charge in [0.25, 0.3) is 0 Å². The fourth-order valence-corrected chi connectivity index (χ4v) is 21.4.